The predicted octanol–water partition coefficient (Wildman–Crippen LogP) is 3.74. The molecule has 0 radical (unpaired) electrons. The van der Waals surface area contributed by atoms with Crippen molar-refractivity contribution in [1.82, 2.24) is 0 Å². The third-order valence-electron chi connectivity index (χ3n) is 2.10. The molecule has 0 saturated carbocycles. The molecule has 1 aromatic carbocycles. The van der Waals surface area contributed by atoms with Gasteiger partial charge >= 0.3 is 5.97 Å². The summed E-state index contributed by atoms with van der Waals surface area (Å²) >= 11 is 1.53. The smallest absolute Gasteiger partial charge is 0.316 e. The van der Waals surface area contributed by atoms with Gasteiger partial charge in [-0.15, -0.1) is 11.8 Å². The molecule has 0 aliphatic rings. The normalized spacial score (nSPS) is 11.4. The minimum absolute atomic E-state index is 0.164. The lowest BCUT2D eigenvalue weighted by molar-refractivity contribution is -0.151. The number of hydrogen-bond donors (Lipinski definition) is 0. The van der Waals surface area contributed by atoms with Crippen molar-refractivity contribution in [3.63, 3.8) is 0 Å². The van der Waals surface area contributed by atoms with Crippen LogP contribution in [-0.4, -0.2) is 17.3 Å². The largest absolute Gasteiger partial charge is 0.459 e. The average molecular weight is 252 g/mol. The Morgan fingerprint density at radius 3 is 2.47 bits per heavy atom. The molecule has 0 N–H and O–H groups in total. The van der Waals surface area contributed by atoms with E-state index in [4.69, 9.17) is 4.74 Å². The number of carbonyl (C=O) groups excluding carboxylic acids is 1. The fraction of sp³-hybridized carbons (Fsp3) is 0.500. The van der Waals surface area contributed by atoms with Crippen LogP contribution >= 0.6 is 11.8 Å². The van der Waals surface area contributed by atoms with E-state index in [-0.39, 0.29) is 5.97 Å². The van der Waals surface area contributed by atoms with Gasteiger partial charge in [-0.25, -0.2) is 0 Å². The molecular formula is C14H20O2S. The minimum atomic E-state index is -0.403. The maximum absolute atomic E-state index is 11.6. The molecule has 1 aromatic rings. The van der Waals surface area contributed by atoms with Gasteiger partial charge in [0.15, 0.2) is 0 Å². The molecule has 2 nitrogen and oxygen atoms in total. The van der Waals surface area contributed by atoms with Crippen LogP contribution in [0.5, 0.6) is 0 Å². The fourth-order valence-corrected chi connectivity index (χ4v) is 2.25. The number of carbonyl (C=O) groups is 1. The lowest BCUT2D eigenvalue weighted by atomic mass is 10.2. The van der Waals surface area contributed by atoms with E-state index < -0.39 is 5.60 Å². The second kappa shape index (κ2) is 5.58. The van der Waals surface area contributed by atoms with Crippen molar-refractivity contribution in [1.29, 1.82) is 0 Å². The highest BCUT2D eigenvalue weighted by molar-refractivity contribution is 8.00. The summed E-state index contributed by atoms with van der Waals surface area (Å²) in [5.41, 5.74) is 2.04. The third kappa shape index (κ3) is 5.26. The molecule has 0 aromatic heterocycles. The number of hydrogen-bond acceptors (Lipinski definition) is 3. The van der Waals surface area contributed by atoms with Crippen molar-refractivity contribution in [2.24, 2.45) is 0 Å². The van der Waals surface area contributed by atoms with Crippen LogP contribution in [0.3, 0.4) is 0 Å². The first-order chi connectivity index (χ1) is 7.78. The summed E-state index contributed by atoms with van der Waals surface area (Å²) in [4.78, 5) is 12.7. The second-order valence-electron chi connectivity index (χ2n) is 5.14. The maximum atomic E-state index is 11.6. The van der Waals surface area contributed by atoms with Gasteiger partial charge in [-0.2, -0.15) is 0 Å². The van der Waals surface area contributed by atoms with Gasteiger partial charge in [-0.05, 0) is 46.2 Å². The van der Waals surface area contributed by atoms with Crippen LogP contribution in [0.25, 0.3) is 0 Å². The molecule has 0 amide bonds. The van der Waals surface area contributed by atoms with Gasteiger partial charge in [0, 0.05) is 4.90 Å². The molecule has 0 unspecified atom stereocenters. The first kappa shape index (κ1) is 14.1. The summed E-state index contributed by atoms with van der Waals surface area (Å²) in [7, 11) is 0. The van der Waals surface area contributed by atoms with E-state index in [0.29, 0.717) is 5.75 Å². The first-order valence-corrected chi connectivity index (χ1v) is 6.68. The molecule has 1 rings (SSSR count). The van der Waals surface area contributed by atoms with E-state index in [1.54, 1.807) is 0 Å². The molecule has 94 valence electrons. The Kier molecular flexibility index (Phi) is 4.63. The molecule has 17 heavy (non-hydrogen) atoms. The molecule has 0 saturated heterocycles. The summed E-state index contributed by atoms with van der Waals surface area (Å²) in [5.74, 6) is 0.198. The summed E-state index contributed by atoms with van der Waals surface area (Å²) in [5, 5.41) is 0. The van der Waals surface area contributed by atoms with E-state index in [0.717, 1.165) is 4.90 Å². The van der Waals surface area contributed by atoms with Crippen LogP contribution in [0.2, 0.25) is 0 Å². The van der Waals surface area contributed by atoms with Gasteiger partial charge < -0.3 is 4.74 Å². The average Bonchev–Trinajstić information content (AvgIpc) is 2.13. The summed E-state index contributed by atoms with van der Waals surface area (Å²) in [6.07, 6.45) is 0. The highest BCUT2D eigenvalue weighted by Crippen LogP contribution is 2.23. The second-order valence-corrected chi connectivity index (χ2v) is 6.16. The molecule has 0 heterocycles. The van der Waals surface area contributed by atoms with Crippen LogP contribution in [0.4, 0.5) is 0 Å². The Morgan fingerprint density at radius 1 is 1.29 bits per heavy atom. The van der Waals surface area contributed by atoms with Crippen molar-refractivity contribution in [2.75, 3.05) is 5.75 Å². The van der Waals surface area contributed by atoms with Gasteiger partial charge in [-0.3, -0.25) is 4.79 Å². The lowest BCUT2D eigenvalue weighted by Gasteiger charge is -2.19. The van der Waals surface area contributed by atoms with Crippen molar-refractivity contribution >= 4 is 17.7 Å². The maximum Gasteiger partial charge on any atom is 0.316 e. The fourth-order valence-electron chi connectivity index (χ4n) is 1.47. The van der Waals surface area contributed by atoms with E-state index in [2.05, 4.69) is 32.0 Å². The van der Waals surface area contributed by atoms with Gasteiger partial charge in [-0.1, -0.05) is 17.7 Å². The van der Waals surface area contributed by atoms with Crippen LogP contribution < -0.4 is 0 Å². The Hall–Kier alpha value is -0.960. The number of ether oxygens (including phenoxy) is 1. The molecule has 0 bridgehead atoms. The first-order valence-electron chi connectivity index (χ1n) is 5.70. The number of benzene rings is 1. The Balaban J connectivity index is 2.53. The van der Waals surface area contributed by atoms with Gasteiger partial charge in [0.25, 0.3) is 0 Å². The van der Waals surface area contributed by atoms with Crippen LogP contribution in [0.1, 0.15) is 31.9 Å². The summed E-state index contributed by atoms with van der Waals surface area (Å²) < 4.78 is 5.26. The van der Waals surface area contributed by atoms with Crippen LogP contribution in [-0.2, 0) is 9.53 Å². The predicted molar refractivity (Wildman–Crippen MR) is 72.5 cm³/mol. The molecule has 0 atom stereocenters. The van der Waals surface area contributed by atoms with Crippen molar-refractivity contribution in [2.45, 2.75) is 45.1 Å². The topological polar surface area (TPSA) is 26.3 Å². The van der Waals surface area contributed by atoms with E-state index in [9.17, 15) is 4.79 Å². The van der Waals surface area contributed by atoms with E-state index in [1.165, 1.54) is 22.9 Å². The highest BCUT2D eigenvalue weighted by atomic mass is 32.2. The number of rotatable bonds is 3. The van der Waals surface area contributed by atoms with E-state index in [1.807, 2.05) is 20.8 Å². The van der Waals surface area contributed by atoms with Crippen LogP contribution in [0.15, 0.2) is 23.1 Å². The van der Waals surface area contributed by atoms with Crippen molar-refractivity contribution < 1.29 is 9.53 Å². The van der Waals surface area contributed by atoms with E-state index >= 15 is 0 Å². The zero-order valence-electron chi connectivity index (χ0n) is 11.2. The summed E-state index contributed by atoms with van der Waals surface area (Å²) in [6, 6.07) is 6.24. The Morgan fingerprint density at radius 2 is 1.94 bits per heavy atom. The SMILES string of the molecule is Cc1ccc(SCC(=O)OC(C)(C)C)c(C)c1. The monoisotopic (exact) mass is 252 g/mol. The molecule has 0 aliphatic carbocycles. The zero-order chi connectivity index (χ0) is 13.1. The molecule has 0 aliphatic heterocycles. The zero-order valence-corrected chi connectivity index (χ0v) is 12.0. The van der Waals surface area contributed by atoms with Gasteiger partial charge in [0.2, 0.25) is 0 Å². The highest BCUT2D eigenvalue weighted by Gasteiger charge is 2.16. The van der Waals surface area contributed by atoms with Crippen molar-refractivity contribution in [3.8, 4) is 0 Å². The molecule has 3 heteroatoms. The van der Waals surface area contributed by atoms with Gasteiger partial charge in [0.05, 0.1) is 5.75 Å². The number of esters is 1. The summed E-state index contributed by atoms with van der Waals surface area (Å²) in [6.45, 7) is 9.77. The Bertz CT molecular complexity index is 405. The molecular weight excluding hydrogens is 232 g/mol. The standard InChI is InChI=1S/C14H20O2S/c1-10-6-7-12(11(2)8-10)17-9-13(15)16-14(3,4)5/h6-8H,9H2,1-5H3. The molecule has 0 spiro atoms. The lowest BCUT2D eigenvalue weighted by Crippen LogP contribution is -2.24. The number of aryl methyl sites for hydroxylation is 2. The van der Waals surface area contributed by atoms with Crippen LogP contribution in [0, 0.1) is 13.8 Å². The van der Waals surface area contributed by atoms with Gasteiger partial charge in [0.1, 0.15) is 5.60 Å². The quantitative estimate of drug-likeness (QED) is 0.605. The Labute approximate surface area is 108 Å². The van der Waals surface area contributed by atoms with Crippen molar-refractivity contribution in [3.05, 3.63) is 29.3 Å². The number of thioether (sulfide) groups is 1. The molecule has 0 fully saturated rings. The third-order valence-corrected chi connectivity index (χ3v) is 3.25. The minimum Gasteiger partial charge on any atom is -0.459 e.